The van der Waals surface area contributed by atoms with E-state index in [1.807, 2.05) is 13.0 Å². The Kier molecular flexibility index (Phi) is 5.89. The van der Waals surface area contributed by atoms with Crippen LogP contribution in [0.25, 0.3) is 0 Å². The largest absolute Gasteiger partial charge is 0.508 e. The molecule has 3 aromatic carbocycles. The minimum Gasteiger partial charge on any atom is -0.508 e. The number of benzene rings is 3. The number of phenolic OH excluding ortho intramolecular Hbond substituents is 2. The van der Waals surface area contributed by atoms with Crippen LogP contribution in [-0.4, -0.2) is 28.3 Å². The van der Waals surface area contributed by atoms with Gasteiger partial charge in [-0.05, 0) is 61.0 Å². The first-order valence-electron chi connectivity index (χ1n) is 8.66. The number of carbonyl (C=O) groups excluding carboxylic acids is 2. The minimum atomic E-state index is -0.587. The van der Waals surface area contributed by atoms with E-state index in [0.29, 0.717) is 16.9 Å². The fourth-order valence-electron chi connectivity index (χ4n) is 2.52. The molecule has 7 nitrogen and oxygen atoms in total. The Morgan fingerprint density at radius 3 is 2.28 bits per heavy atom. The molecule has 146 valence electrons. The van der Waals surface area contributed by atoms with E-state index in [4.69, 9.17) is 4.74 Å². The molecule has 0 aliphatic rings. The average molecular weight is 390 g/mol. The molecule has 0 heterocycles. The second-order valence-corrected chi connectivity index (χ2v) is 6.27. The molecule has 3 aromatic rings. The van der Waals surface area contributed by atoms with E-state index in [1.54, 1.807) is 42.5 Å². The second-order valence-electron chi connectivity index (χ2n) is 6.27. The van der Waals surface area contributed by atoms with Gasteiger partial charge in [-0.15, -0.1) is 0 Å². The standard InChI is InChI=1S/C22H18N2O5/c1-14-3-2-4-16(9-14)22(28)29-20-7-5-15(6-8-20)13-23-24-21(27)17-10-18(25)12-19(26)11-17/h2-13,25-26H,1H3,(H,24,27)/b23-13+. The number of phenols is 2. The first kappa shape index (κ1) is 19.6. The zero-order chi connectivity index (χ0) is 20.8. The summed E-state index contributed by atoms with van der Waals surface area (Å²) >= 11 is 0. The van der Waals surface area contributed by atoms with E-state index >= 15 is 0 Å². The summed E-state index contributed by atoms with van der Waals surface area (Å²) in [4.78, 5) is 24.1. The summed E-state index contributed by atoms with van der Waals surface area (Å²) in [5, 5.41) is 22.6. The topological polar surface area (TPSA) is 108 Å². The van der Waals surface area contributed by atoms with Crippen LogP contribution in [0.1, 0.15) is 31.8 Å². The van der Waals surface area contributed by atoms with Gasteiger partial charge in [0.15, 0.2) is 0 Å². The first-order valence-corrected chi connectivity index (χ1v) is 8.66. The van der Waals surface area contributed by atoms with Crippen molar-refractivity contribution in [3.8, 4) is 17.2 Å². The summed E-state index contributed by atoms with van der Waals surface area (Å²) in [6, 6.07) is 17.2. The monoisotopic (exact) mass is 390 g/mol. The third-order valence-electron chi connectivity index (χ3n) is 3.89. The molecule has 0 atom stereocenters. The van der Waals surface area contributed by atoms with Crippen LogP contribution in [0.4, 0.5) is 0 Å². The molecule has 0 saturated heterocycles. The average Bonchev–Trinajstić information content (AvgIpc) is 2.68. The van der Waals surface area contributed by atoms with Crippen LogP contribution < -0.4 is 10.2 Å². The molecular weight excluding hydrogens is 372 g/mol. The molecule has 1 amide bonds. The molecule has 0 fully saturated rings. The van der Waals surface area contributed by atoms with Crippen LogP contribution in [0.2, 0.25) is 0 Å². The maximum absolute atomic E-state index is 12.1. The fourth-order valence-corrected chi connectivity index (χ4v) is 2.52. The lowest BCUT2D eigenvalue weighted by atomic mass is 10.1. The molecule has 3 rings (SSSR count). The van der Waals surface area contributed by atoms with Crippen molar-refractivity contribution >= 4 is 18.1 Å². The number of nitrogens with one attached hydrogen (secondary N) is 1. The van der Waals surface area contributed by atoms with E-state index in [2.05, 4.69) is 10.5 Å². The summed E-state index contributed by atoms with van der Waals surface area (Å²) in [6.45, 7) is 1.90. The summed E-state index contributed by atoms with van der Waals surface area (Å²) < 4.78 is 5.33. The number of hydrogen-bond donors (Lipinski definition) is 3. The highest BCUT2D eigenvalue weighted by Gasteiger charge is 2.09. The van der Waals surface area contributed by atoms with Gasteiger partial charge in [-0.2, -0.15) is 5.10 Å². The predicted octanol–water partition coefficient (Wildman–Crippen LogP) is 3.39. The van der Waals surface area contributed by atoms with Gasteiger partial charge in [-0.25, -0.2) is 10.2 Å². The Bertz CT molecular complexity index is 1050. The zero-order valence-electron chi connectivity index (χ0n) is 15.5. The number of hydrogen-bond acceptors (Lipinski definition) is 6. The van der Waals surface area contributed by atoms with Crippen molar-refractivity contribution in [2.75, 3.05) is 0 Å². The van der Waals surface area contributed by atoms with E-state index < -0.39 is 11.9 Å². The van der Waals surface area contributed by atoms with Crippen molar-refractivity contribution < 1.29 is 24.5 Å². The van der Waals surface area contributed by atoms with Crippen molar-refractivity contribution in [3.05, 3.63) is 89.0 Å². The maximum atomic E-state index is 12.1. The van der Waals surface area contributed by atoms with Crippen molar-refractivity contribution in [2.45, 2.75) is 6.92 Å². The molecule has 0 radical (unpaired) electrons. The lowest BCUT2D eigenvalue weighted by molar-refractivity contribution is 0.0734. The molecule has 7 heteroatoms. The zero-order valence-corrected chi connectivity index (χ0v) is 15.5. The number of ether oxygens (including phenoxy) is 1. The fraction of sp³-hybridized carbons (Fsp3) is 0.0455. The van der Waals surface area contributed by atoms with Crippen LogP contribution >= 0.6 is 0 Å². The van der Waals surface area contributed by atoms with Gasteiger partial charge in [0.1, 0.15) is 17.2 Å². The smallest absolute Gasteiger partial charge is 0.343 e. The molecule has 0 aliphatic carbocycles. The third-order valence-corrected chi connectivity index (χ3v) is 3.89. The number of aryl methyl sites for hydroxylation is 1. The quantitative estimate of drug-likeness (QED) is 0.268. The molecule has 0 aliphatic heterocycles. The number of rotatable bonds is 5. The van der Waals surface area contributed by atoms with Gasteiger partial charge in [-0.3, -0.25) is 4.79 Å². The molecule has 29 heavy (non-hydrogen) atoms. The molecule has 0 bridgehead atoms. The van der Waals surface area contributed by atoms with Crippen molar-refractivity contribution in [1.29, 1.82) is 0 Å². The van der Waals surface area contributed by atoms with Gasteiger partial charge in [0.25, 0.3) is 5.91 Å². The van der Waals surface area contributed by atoms with Crippen LogP contribution in [0, 0.1) is 6.92 Å². The number of nitrogens with zero attached hydrogens (tertiary/aromatic N) is 1. The van der Waals surface area contributed by atoms with Gasteiger partial charge in [0, 0.05) is 11.6 Å². The Morgan fingerprint density at radius 1 is 0.931 bits per heavy atom. The number of esters is 1. The molecule has 3 N–H and O–H groups in total. The van der Waals surface area contributed by atoms with Gasteiger partial charge in [0.05, 0.1) is 11.8 Å². The Hall–Kier alpha value is -4.13. The van der Waals surface area contributed by atoms with E-state index in [0.717, 1.165) is 11.6 Å². The second kappa shape index (κ2) is 8.71. The minimum absolute atomic E-state index is 0.0676. The maximum Gasteiger partial charge on any atom is 0.343 e. The lowest BCUT2D eigenvalue weighted by Crippen LogP contribution is -2.17. The van der Waals surface area contributed by atoms with Crippen molar-refractivity contribution in [2.24, 2.45) is 5.10 Å². The van der Waals surface area contributed by atoms with Gasteiger partial charge < -0.3 is 14.9 Å². The normalized spacial score (nSPS) is 10.7. The lowest BCUT2D eigenvalue weighted by Gasteiger charge is -2.05. The van der Waals surface area contributed by atoms with E-state index in [9.17, 15) is 19.8 Å². The first-order chi connectivity index (χ1) is 13.9. The van der Waals surface area contributed by atoms with Gasteiger partial charge in [-0.1, -0.05) is 17.7 Å². The number of aromatic hydroxyl groups is 2. The molecule has 0 spiro atoms. The van der Waals surface area contributed by atoms with Gasteiger partial charge >= 0.3 is 5.97 Å². The van der Waals surface area contributed by atoms with E-state index in [1.165, 1.54) is 18.3 Å². The number of hydrazone groups is 1. The third kappa shape index (κ3) is 5.43. The molecule has 0 unspecified atom stereocenters. The Morgan fingerprint density at radius 2 is 1.62 bits per heavy atom. The number of carbonyl (C=O) groups is 2. The summed E-state index contributed by atoms with van der Waals surface area (Å²) in [5.74, 6) is -1.11. The van der Waals surface area contributed by atoms with Crippen molar-refractivity contribution in [1.82, 2.24) is 5.43 Å². The van der Waals surface area contributed by atoms with Gasteiger partial charge in [0.2, 0.25) is 0 Å². The summed E-state index contributed by atoms with van der Waals surface area (Å²) in [5.41, 5.74) is 4.47. The van der Waals surface area contributed by atoms with Crippen molar-refractivity contribution in [3.63, 3.8) is 0 Å². The predicted molar refractivity (Wildman–Crippen MR) is 107 cm³/mol. The van der Waals surface area contributed by atoms with Crippen LogP contribution in [0.5, 0.6) is 17.2 Å². The highest BCUT2D eigenvalue weighted by atomic mass is 16.5. The molecule has 0 aromatic heterocycles. The Balaban J connectivity index is 1.58. The highest BCUT2D eigenvalue weighted by molar-refractivity contribution is 5.95. The Labute approximate surface area is 166 Å². The van der Waals surface area contributed by atoms with Crippen LogP contribution in [0.3, 0.4) is 0 Å². The molecular formula is C22H18N2O5. The summed E-state index contributed by atoms with van der Waals surface area (Å²) in [7, 11) is 0. The van der Waals surface area contributed by atoms with Crippen LogP contribution in [-0.2, 0) is 0 Å². The highest BCUT2D eigenvalue weighted by Crippen LogP contribution is 2.20. The van der Waals surface area contributed by atoms with E-state index in [-0.39, 0.29) is 17.1 Å². The number of amides is 1. The summed E-state index contributed by atoms with van der Waals surface area (Å²) in [6.07, 6.45) is 1.41. The SMILES string of the molecule is Cc1cccc(C(=O)Oc2ccc(/C=N/NC(=O)c3cc(O)cc(O)c3)cc2)c1. The molecule has 0 saturated carbocycles. The van der Waals surface area contributed by atoms with Crippen LogP contribution in [0.15, 0.2) is 71.8 Å².